The first-order chi connectivity index (χ1) is 18.0. The van der Waals surface area contributed by atoms with E-state index in [1.165, 1.54) is 11.8 Å². The van der Waals surface area contributed by atoms with Crippen LogP contribution in [0.5, 0.6) is 0 Å². The summed E-state index contributed by atoms with van der Waals surface area (Å²) in [5, 5.41) is 12.1. The zero-order valence-corrected chi connectivity index (χ0v) is 23.2. The van der Waals surface area contributed by atoms with E-state index in [1.54, 1.807) is 0 Å². The van der Waals surface area contributed by atoms with Gasteiger partial charge >= 0.3 is 0 Å². The molecule has 2 atom stereocenters. The first-order valence-corrected chi connectivity index (χ1v) is 13.6. The van der Waals surface area contributed by atoms with Gasteiger partial charge in [-0.15, -0.1) is 0 Å². The van der Waals surface area contributed by atoms with Crippen molar-refractivity contribution in [2.45, 2.75) is 78.4 Å². The minimum absolute atomic E-state index is 0.0999. The van der Waals surface area contributed by atoms with E-state index in [0.29, 0.717) is 11.6 Å². The lowest BCUT2D eigenvalue weighted by molar-refractivity contribution is -0.110. The molecule has 4 heterocycles. The van der Waals surface area contributed by atoms with E-state index >= 15 is 0 Å². The molecule has 38 heavy (non-hydrogen) atoms. The van der Waals surface area contributed by atoms with Crippen molar-refractivity contribution in [1.82, 2.24) is 15.0 Å². The Morgan fingerprint density at radius 1 is 1.16 bits per heavy atom. The summed E-state index contributed by atoms with van der Waals surface area (Å²) >= 11 is 0. The van der Waals surface area contributed by atoms with Crippen LogP contribution in [0.15, 0.2) is 42.6 Å². The molecule has 0 saturated heterocycles. The molecule has 0 aromatic carbocycles. The van der Waals surface area contributed by atoms with Gasteiger partial charge in [0.25, 0.3) is 5.91 Å². The van der Waals surface area contributed by atoms with Crippen LogP contribution in [0.3, 0.4) is 0 Å². The van der Waals surface area contributed by atoms with E-state index in [9.17, 15) is 4.79 Å². The number of rotatable bonds is 6. The average molecular weight is 512 g/mol. The fourth-order valence-electron chi connectivity index (χ4n) is 5.57. The zero-order chi connectivity index (χ0) is 27.3. The Kier molecular flexibility index (Phi) is 6.43. The van der Waals surface area contributed by atoms with Crippen molar-refractivity contribution in [2.75, 3.05) is 5.32 Å². The van der Waals surface area contributed by atoms with Crippen molar-refractivity contribution in [3.8, 4) is 6.07 Å². The van der Waals surface area contributed by atoms with Crippen LogP contribution in [0, 0.1) is 28.6 Å². The SMILES string of the molecule is CC(C)C12C=CC(C(C)C)(CC(c3ccc(NC(=O)c4ncc(C#N)[nH]4)c(C4=CCC(C)(C)CC4)n3)=C1)O2. The molecule has 0 saturated carbocycles. The van der Waals surface area contributed by atoms with Gasteiger partial charge in [0.05, 0.1) is 28.9 Å². The summed E-state index contributed by atoms with van der Waals surface area (Å²) < 4.78 is 6.74. The van der Waals surface area contributed by atoms with Crippen LogP contribution in [-0.4, -0.2) is 32.1 Å². The summed E-state index contributed by atoms with van der Waals surface area (Å²) in [5.74, 6) is 0.297. The maximum Gasteiger partial charge on any atom is 0.291 e. The predicted molar refractivity (Wildman–Crippen MR) is 149 cm³/mol. The van der Waals surface area contributed by atoms with Crippen molar-refractivity contribution in [2.24, 2.45) is 17.3 Å². The van der Waals surface area contributed by atoms with Gasteiger partial charge in [0.2, 0.25) is 0 Å². The highest BCUT2D eigenvalue weighted by Crippen LogP contribution is 2.51. The van der Waals surface area contributed by atoms with Crippen LogP contribution in [0.1, 0.15) is 94.9 Å². The van der Waals surface area contributed by atoms with Gasteiger partial charge in [0, 0.05) is 6.42 Å². The number of imidazole rings is 1. The number of H-pyrrole nitrogens is 1. The van der Waals surface area contributed by atoms with E-state index in [2.05, 4.69) is 81.1 Å². The lowest BCUT2D eigenvalue weighted by Gasteiger charge is -2.43. The molecule has 2 N–H and O–H groups in total. The highest BCUT2D eigenvalue weighted by molar-refractivity contribution is 6.03. The van der Waals surface area contributed by atoms with Crippen molar-refractivity contribution in [3.63, 3.8) is 0 Å². The molecule has 1 amide bonds. The molecule has 2 unspecified atom stereocenters. The lowest BCUT2D eigenvalue weighted by Crippen LogP contribution is -2.45. The first-order valence-electron chi connectivity index (χ1n) is 13.6. The quantitative estimate of drug-likeness (QED) is 0.421. The monoisotopic (exact) mass is 511 g/mol. The van der Waals surface area contributed by atoms with Crippen molar-refractivity contribution >= 4 is 22.7 Å². The summed E-state index contributed by atoms with van der Waals surface area (Å²) in [6.45, 7) is 13.4. The molecule has 5 rings (SSSR count). The van der Waals surface area contributed by atoms with Crippen molar-refractivity contribution in [3.05, 3.63) is 65.5 Å². The minimum atomic E-state index is -0.446. The molecule has 0 fully saturated rings. The highest BCUT2D eigenvalue weighted by atomic mass is 16.5. The zero-order valence-electron chi connectivity index (χ0n) is 23.2. The topological polar surface area (TPSA) is 104 Å². The van der Waals surface area contributed by atoms with Crippen LogP contribution in [-0.2, 0) is 4.74 Å². The highest BCUT2D eigenvalue weighted by Gasteiger charge is 2.51. The molecule has 198 valence electrons. The smallest absolute Gasteiger partial charge is 0.291 e. The third-order valence-electron chi connectivity index (χ3n) is 8.40. The Morgan fingerprint density at radius 2 is 1.95 bits per heavy atom. The number of hydrogen-bond donors (Lipinski definition) is 2. The predicted octanol–water partition coefficient (Wildman–Crippen LogP) is 6.69. The van der Waals surface area contributed by atoms with Gasteiger partial charge in [0.15, 0.2) is 5.82 Å². The van der Waals surface area contributed by atoms with Crippen LogP contribution in [0.4, 0.5) is 5.69 Å². The van der Waals surface area contributed by atoms with Gasteiger partial charge in [-0.25, -0.2) is 9.97 Å². The van der Waals surface area contributed by atoms with E-state index in [1.807, 2.05) is 18.2 Å². The number of nitrogens with one attached hydrogen (secondary N) is 2. The Hall–Kier alpha value is -3.50. The number of amides is 1. The molecule has 2 bridgehead atoms. The number of pyridine rings is 1. The molecule has 0 radical (unpaired) electrons. The second-order valence-corrected chi connectivity index (χ2v) is 12.3. The average Bonchev–Trinajstić information content (AvgIpc) is 3.48. The number of aromatic amines is 1. The third-order valence-corrected chi connectivity index (χ3v) is 8.40. The maximum atomic E-state index is 13.0. The number of carbonyl (C=O) groups excluding carboxylic acids is 1. The molecule has 2 aromatic rings. The number of nitriles is 1. The Balaban J connectivity index is 1.55. The summed E-state index contributed by atoms with van der Waals surface area (Å²) in [6.07, 6.45) is 14.0. The summed E-state index contributed by atoms with van der Waals surface area (Å²) in [6, 6.07) is 5.91. The van der Waals surface area contributed by atoms with E-state index in [-0.39, 0.29) is 28.5 Å². The molecule has 7 heteroatoms. The Morgan fingerprint density at radius 3 is 2.58 bits per heavy atom. The largest absolute Gasteiger partial charge is 0.355 e. The summed E-state index contributed by atoms with van der Waals surface area (Å²) in [4.78, 5) is 25.0. The van der Waals surface area contributed by atoms with Gasteiger partial charge in [-0.3, -0.25) is 4.79 Å². The normalized spacial score (nSPS) is 25.8. The Bertz CT molecular complexity index is 1400. The number of allylic oxidation sites excluding steroid dienone is 2. The van der Waals surface area contributed by atoms with Crippen LogP contribution >= 0.6 is 0 Å². The number of anilines is 1. The fourth-order valence-corrected chi connectivity index (χ4v) is 5.57. The number of fused-ring (bicyclic) bond motifs is 2. The standard InChI is InChI=1S/C31H37N5O2/c1-19(2)30-13-14-31(38-30,20(3)4)16-22(15-30)24-7-8-25(36-28(37)27-33-18-23(17-32)34-27)26(35-24)21-9-11-29(5,6)12-10-21/h7-9,13-15,18-20H,10-12,16H2,1-6H3,(H,33,34)(H,36,37). The molecule has 2 aromatic heterocycles. The van der Waals surface area contributed by atoms with Gasteiger partial charge in [-0.1, -0.05) is 53.7 Å². The Labute approximate surface area is 225 Å². The first kappa shape index (κ1) is 26.1. The molecule has 7 nitrogen and oxygen atoms in total. The van der Waals surface area contributed by atoms with Crippen LogP contribution < -0.4 is 5.32 Å². The maximum absolute atomic E-state index is 13.0. The van der Waals surface area contributed by atoms with Gasteiger partial charge in [0.1, 0.15) is 17.4 Å². The van der Waals surface area contributed by atoms with Gasteiger partial charge in [-0.2, -0.15) is 5.26 Å². The van der Waals surface area contributed by atoms with Crippen LogP contribution in [0.2, 0.25) is 0 Å². The molecule has 0 spiro atoms. The summed E-state index contributed by atoms with van der Waals surface area (Å²) in [7, 11) is 0. The van der Waals surface area contributed by atoms with E-state index < -0.39 is 11.5 Å². The van der Waals surface area contributed by atoms with Crippen LogP contribution in [0.25, 0.3) is 11.1 Å². The molecule has 3 aliphatic rings. The van der Waals surface area contributed by atoms with Gasteiger partial charge < -0.3 is 15.0 Å². The van der Waals surface area contributed by atoms with Crippen molar-refractivity contribution in [1.29, 1.82) is 5.26 Å². The molecular formula is C31H37N5O2. The molecule has 1 aliphatic carbocycles. The number of ether oxygens (including phenoxy) is 1. The number of hydrogen-bond acceptors (Lipinski definition) is 5. The second kappa shape index (κ2) is 9.36. The second-order valence-electron chi connectivity index (χ2n) is 12.3. The lowest BCUT2D eigenvalue weighted by atomic mass is 9.77. The van der Waals surface area contributed by atoms with E-state index in [4.69, 9.17) is 15.0 Å². The molecular weight excluding hydrogens is 474 g/mol. The fraction of sp³-hybridized carbons (Fsp3) is 0.484. The molecule has 2 aliphatic heterocycles. The number of carbonyl (C=O) groups is 1. The van der Waals surface area contributed by atoms with Crippen molar-refractivity contribution < 1.29 is 9.53 Å². The summed E-state index contributed by atoms with van der Waals surface area (Å²) in [5.41, 5.74) is 4.35. The number of nitrogens with zero attached hydrogens (tertiary/aromatic N) is 3. The third kappa shape index (κ3) is 4.63. The number of aromatic nitrogens is 3. The van der Waals surface area contributed by atoms with E-state index in [0.717, 1.165) is 42.6 Å². The van der Waals surface area contributed by atoms with Gasteiger partial charge in [-0.05, 0) is 71.9 Å². The minimum Gasteiger partial charge on any atom is -0.355 e.